The first-order valence-electron chi connectivity index (χ1n) is 13.5. The molecule has 14 nitrogen and oxygen atoms in total. The Morgan fingerprint density at radius 1 is 1.30 bits per heavy atom. The summed E-state index contributed by atoms with van der Waals surface area (Å²) in [5.41, 5.74) is 1.09. The minimum atomic E-state index is -5.67. The standard InChI is InChI=1S/C25H30F4N7O7P/c1-3-40-21(38)13(2)35-44(39,43-15-7-5-4-6-8-15)41-11-16-18(37)24(26,25(27,28)29)22(42-16)36-12-31-17-19(32-14-9-10-14)33-23(30)34-20(17)36/h4-8,12-14,16,18,22,37H,3,9-11H2,1-2H3,(H,35,39)(H3,30,32,33,34)/t13?,16-,18-,22-,24-,44-/m1/s1. The van der Waals surface area contributed by atoms with Crippen LogP contribution in [-0.2, 0) is 23.4 Å². The van der Waals surface area contributed by atoms with Crippen molar-refractivity contribution in [2.75, 3.05) is 24.3 Å². The Morgan fingerprint density at radius 2 is 2.00 bits per heavy atom. The Kier molecular flexibility index (Phi) is 8.74. The molecule has 1 aliphatic heterocycles. The van der Waals surface area contributed by atoms with E-state index in [2.05, 4.69) is 25.4 Å². The van der Waals surface area contributed by atoms with Gasteiger partial charge in [0, 0.05) is 6.04 Å². The van der Waals surface area contributed by atoms with Gasteiger partial charge in [-0.2, -0.15) is 28.2 Å². The molecule has 3 heterocycles. The number of aliphatic hydroxyl groups is 1. The highest BCUT2D eigenvalue weighted by Crippen LogP contribution is 2.53. The highest BCUT2D eigenvalue weighted by Gasteiger charge is 2.73. The number of ether oxygens (including phenoxy) is 2. The highest BCUT2D eigenvalue weighted by molar-refractivity contribution is 7.52. The molecule has 1 unspecified atom stereocenters. The minimum absolute atomic E-state index is 0.00586. The zero-order chi connectivity index (χ0) is 31.9. The topological polar surface area (TPSA) is 185 Å². The minimum Gasteiger partial charge on any atom is -0.465 e. The number of nitrogens with zero attached hydrogens (tertiary/aromatic N) is 4. The molecule has 2 aliphatic rings. The van der Waals surface area contributed by atoms with E-state index in [1.165, 1.54) is 19.1 Å². The molecule has 0 amide bonds. The van der Waals surface area contributed by atoms with Gasteiger partial charge in [-0.1, -0.05) is 18.2 Å². The van der Waals surface area contributed by atoms with Crippen molar-refractivity contribution in [2.24, 2.45) is 0 Å². The molecule has 240 valence electrons. The lowest BCUT2D eigenvalue weighted by atomic mass is 9.95. The number of alkyl halides is 4. The van der Waals surface area contributed by atoms with Crippen molar-refractivity contribution in [3.8, 4) is 5.75 Å². The number of nitrogen functional groups attached to an aromatic ring is 1. The van der Waals surface area contributed by atoms with E-state index in [1.54, 1.807) is 25.1 Å². The van der Waals surface area contributed by atoms with Gasteiger partial charge in [0.2, 0.25) is 5.95 Å². The lowest BCUT2D eigenvalue weighted by Crippen LogP contribution is -2.54. The Morgan fingerprint density at radius 3 is 2.64 bits per heavy atom. The number of hydrogen-bond acceptors (Lipinski definition) is 12. The summed E-state index contributed by atoms with van der Waals surface area (Å²) in [4.78, 5) is 24.2. The van der Waals surface area contributed by atoms with Crippen LogP contribution in [0, 0.1) is 0 Å². The van der Waals surface area contributed by atoms with Gasteiger partial charge in [0.25, 0.3) is 5.67 Å². The molecule has 0 radical (unpaired) electrons. The maximum Gasteiger partial charge on any atom is 0.459 e. The number of imidazole rings is 1. The number of halogens is 4. The van der Waals surface area contributed by atoms with E-state index in [0.29, 0.717) is 4.57 Å². The number of para-hydroxylation sites is 1. The van der Waals surface area contributed by atoms with Gasteiger partial charge in [0.15, 0.2) is 23.2 Å². The number of nitrogens with two attached hydrogens (primary N) is 1. The molecule has 2 fully saturated rings. The maximum absolute atomic E-state index is 16.1. The molecule has 3 aromatic rings. The molecule has 5 N–H and O–H groups in total. The Hall–Kier alpha value is -3.57. The first kappa shape index (κ1) is 31.8. The van der Waals surface area contributed by atoms with Crippen LogP contribution < -0.4 is 20.7 Å². The SMILES string of the molecule is CCOC(=O)C(C)N[P@@](=O)(OC[C@H]1O[C@@H](n2cnc3c(NC4CC4)nc(N)nc32)[C@@](F)(C(F)(F)F)[C@@H]1O)Oc1ccccc1. The zero-order valence-corrected chi connectivity index (χ0v) is 24.3. The fourth-order valence-corrected chi connectivity index (χ4v) is 6.03. The monoisotopic (exact) mass is 647 g/mol. The first-order chi connectivity index (χ1) is 20.8. The summed E-state index contributed by atoms with van der Waals surface area (Å²) in [6.45, 7) is 1.78. The Labute approximate surface area is 247 Å². The van der Waals surface area contributed by atoms with Crippen LogP contribution in [0.4, 0.5) is 29.3 Å². The number of aliphatic hydroxyl groups excluding tert-OH is 1. The number of benzene rings is 1. The highest BCUT2D eigenvalue weighted by atomic mass is 31.2. The summed E-state index contributed by atoms with van der Waals surface area (Å²) in [7, 11) is -4.59. The summed E-state index contributed by atoms with van der Waals surface area (Å²) in [6.07, 6.45) is -10.6. The summed E-state index contributed by atoms with van der Waals surface area (Å²) < 4.78 is 94.6. The molecular weight excluding hydrogens is 617 g/mol. The van der Waals surface area contributed by atoms with Gasteiger partial charge in [-0.05, 0) is 38.8 Å². The van der Waals surface area contributed by atoms with Crippen molar-refractivity contribution in [2.45, 2.75) is 69.1 Å². The molecule has 0 bridgehead atoms. The van der Waals surface area contributed by atoms with Gasteiger partial charge in [-0.25, -0.2) is 13.9 Å². The second-order valence-electron chi connectivity index (χ2n) is 10.2. The molecule has 0 spiro atoms. The van der Waals surface area contributed by atoms with Crippen molar-refractivity contribution < 1.29 is 50.5 Å². The number of anilines is 2. The third-order valence-electron chi connectivity index (χ3n) is 6.86. The maximum atomic E-state index is 16.1. The second-order valence-corrected chi connectivity index (χ2v) is 11.9. The van der Waals surface area contributed by atoms with Gasteiger partial charge in [-0.15, -0.1) is 0 Å². The van der Waals surface area contributed by atoms with Crippen LogP contribution in [0.15, 0.2) is 36.7 Å². The average Bonchev–Trinajstić information content (AvgIpc) is 3.61. The molecule has 1 saturated heterocycles. The van der Waals surface area contributed by atoms with Crippen molar-refractivity contribution in [1.82, 2.24) is 24.6 Å². The first-order valence-corrected chi connectivity index (χ1v) is 15.1. The van der Waals surface area contributed by atoms with Gasteiger partial charge >= 0.3 is 19.9 Å². The molecule has 1 saturated carbocycles. The number of carbonyl (C=O) groups is 1. The molecule has 5 rings (SSSR count). The van der Waals surface area contributed by atoms with Crippen LogP contribution in [0.25, 0.3) is 11.2 Å². The van der Waals surface area contributed by atoms with Crippen LogP contribution >= 0.6 is 7.75 Å². The third-order valence-corrected chi connectivity index (χ3v) is 8.50. The molecule has 19 heteroatoms. The number of nitrogens with one attached hydrogen (secondary N) is 2. The number of hydrogen-bond donors (Lipinski definition) is 4. The zero-order valence-electron chi connectivity index (χ0n) is 23.4. The van der Waals surface area contributed by atoms with Crippen molar-refractivity contribution >= 4 is 36.6 Å². The van der Waals surface area contributed by atoms with Crippen LogP contribution in [-0.4, -0.2) is 79.9 Å². The summed E-state index contributed by atoms with van der Waals surface area (Å²) in [6, 6.07) is 6.34. The third kappa shape index (κ3) is 6.30. The molecule has 2 aromatic heterocycles. The smallest absolute Gasteiger partial charge is 0.459 e. The molecular formula is C25H30F4N7O7P. The Bertz CT molecular complexity index is 1540. The van der Waals surface area contributed by atoms with Crippen LogP contribution in [0.5, 0.6) is 5.75 Å². The predicted octanol–water partition coefficient (Wildman–Crippen LogP) is 3.26. The van der Waals surface area contributed by atoms with E-state index in [9.17, 15) is 27.6 Å². The van der Waals surface area contributed by atoms with Gasteiger partial charge in [0.1, 0.15) is 24.0 Å². The fraction of sp³-hybridized carbons (Fsp3) is 0.520. The van der Waals surface area contributed by atoms with Crippen LogP contribution in [0.2, 0.25) is 0 Å². The number of rotatable bonds is 12. The lowest BCUT2D eigenvalue weighted by molar-refractivity contribution is -0.273. The Balaban J connectivity index is 1.44. The average molecular weight is 648 g/mol. The van der Waals surface area contributed by atoms with Gasteiger partial charge in [0.05, 0.1) is 19.5 Å². The van der Waals surface area contributed by atoms with E-state index >= 15 is 4.39 Å². The predicted molar refractivity (Wildman–Crippen MR) is 146 cm³/mol. The van der Waals surface area contributed by atoms with E-state index in [4.69, 9.17) is 24.3 Å². The number of carbonyl (C=O) groups excluding carboxylic acids is 1. The second kappa shape index (κ2) is 12.1. The summed E-state index contributed by atoms with van der Waals surface area (Å²) >= 11 is 0. The van der Waals surface area contributed by atoms with Crippen molar-refractivity contribution in [1.29, 1.82) is 0 Å². The van der Waals surface area contributed by atoms with Crippen LogP contribution in [0.1, 0.15) is 32.9 Å². The quantitative estimate of drug-likeness (QED) is 0.128. The van der Waals surface area contributed by atoms with Gasteiger partial charge < -0.3 is 30.2 Å². The molecule has 1 aliphatic carbocycles. The van der Waals surface area contributed by atoms with E-state index < -0.39 is 56.6 Å². The fourth-order valence-electron chi connectivity index (χ4n) is 4.53. The largest absolute Gasteiger partial charge is 0.465 e. The number of fused-ring (bicyclic) bond motifs is 1. The molecule has 1 aromatic carbocycles. The number of aromatic nitrogens is 4. The van der Waals surface area contributed by atoms with E-state index in [1.807, 2.05) is 0 Å². The summed E-state index contributed by atoms with van der Waals surface area (Å²) in [5.74, 6) is -0.991. The lowest BCUT2D eigenvalue weighted by Gasteiger charge is -2.31. The molecule has 6 atom stereocenters. The normalized spacial score (nSPS) is 25.8. The van der Waals surface area contributed by atoms with Crippen molar-refractivity contribution in [3.05, 3.63) is 36.7 Å². The molecule has 44 heavy (non-hydrogen) atoms. The van der Waals surface area contributed by atoms with E-state index in [0.717, 1.165) is 19.2 Å². The van der Waals surface area contributed by atoms with Crippen LogP contribution in [0.3, 0.4) is 0 Å². The van der Waals surface area contributed by atoms with Gasteiger partial charge in [-0.3, -0.25) is 13.9 Å². The van der Waals surface area contributed by atoms with Crippen molar-refractivity contribution in [3.63, 3.8) is 0 Å². The van der Waals surface area contributed by atoms with E-state index in [-0.39, 0.29) is 41.3 Å². The summed E-state index contributed by atoms with van der Waals surface area (Å²) in [5, 5.41) is 16.1. The number of esters is 1.